The number of carbonyl (C=O) groups excluding carboxylic acids is 2. The van der Waals surface area contributed by atoms with E-state index in [1.807, 2.05) is 32.9 Å². The molecule has 1 aromatic heterocycles. The number of nitrogens with one attached hydrogen (secondary N) is 1. The predicted octanol–water partition coefficient (Wildman–Crippen LogP) is 5.05. The van der Waals surface area contributed by atoms with Crippen LogP contribution in [-0.2, 0) is 10.3 Å². The lowest BCUT2D eigenvalue weighted by Crippen LogP contribution is -2.45. The number of benzene rings is 2. The first-order valence-electron chi connectivity index (χ1n) is 16.8. The standard InChI is InChI=1S/C37H47N5O7/c1-7-38-34(45)33-40-39-32(29-20-28(22(2)3)30(43)21-31(29)44)42(33)25-12-14-26(15-13-25)49-27-16-18-41(19-17-27)35(46)23-8-10-24(11-9-23)37(6,48)36(4,5)47/h8-12,14,20-22,27,43-44,47-48H,7,13,15-19H2,1-6H3,(H,38,45). The number of likely N-dealkylation sites (tertiary alicyclic amines) is 1. The van der Waals surface area contributed by atoms with Gasteiger partial charge in [0, 0.05) is 56.2 Å². The number of hydrogen-bond acceptors (Lipinski definition) is 9. The lowest BCUT2D eigenvalue weighted by molar-refractivity contribution is -0.125. The minimum atomic E-state index is -1.47. The number of ether oxygens (including phenoxy) is 1. The van der Waals surface area contributed by atoms with Gasteiger partial charge in [0.05, 0.1) is 16.9 Å². The molecule has 1 fully saturated rings. The molecule has 1 unspecified atom stereocenters. The van der Waals surface area contributed by atoms with Gasteiger partial charge in [-0.1, -0.05) is 26.0 Å². The number of phenols is 2. The Labute approximate surface area is 286 Å². The van der Waals surface area contributed by atoms with Crippen LogP contribution in [-0.4, -0.2) is 83.2 Å². The molecule has 0 saturated carbocycles. The molecule has 1 saturated heterocycles. The van der Waals surface area contributed by atoms with Crippen molar-refractivity contribution in [3.05, 3.63) is 76.8 Å². The minimum absolute atomic E-state index is 0.0180. The average molecular weight is 674 g/mol. The summed E-state index contributed by atoms with van der Waals surface area (Å²) in [6.45, 7) is 11.8. The molecule has 0 bridgehead atoms. The summed E-state index contributed by atoms with van der Waals surface area (Å²) in [7, 11) is 0. The van der Waals surface area contributed by atoms with Gasteiger partial charge in [-0.05, 0) is 81.5 Å². The van der Waals surface area contributed by atoms with Crippen LogP contribution in [0.25, 0.3) is 17.1 Å². The van der Waals surface area contributed by atoms with E-state index < -0.39 is 17.1 Å². The number of nitrogens with zero attached hydrogens (tertiary/aromatic N) is 4. The van der Waals surface area contributed by atoms with Crippen LogP contribution in [0.3, 0.4) is 0 Å². The molecule has 1 atom stereocenters. The van der Waals surface area contributed by atoms with E-state index in [4.69, 9.17) is 4.74 Å². The van der Waals surface area contributed by atoms with Gasteiger partial charge in [0.25, 0.3) is 11.8 Å². The largest absolute Gasteiger partial charge is 0.508 e. The fourth-order valence-electron chi connectivity index (χ4n) is 6.11. The third-order valence-corrected chi connectivity index (χ3v) is 9.52. The number of aromatic nitrogens is 3. The maximum absolute atomic E-state index is 13.2. The Morgan fingerprint density at radius 2 is 1.65 bits per heavy atom. The molecule has 49 heavy (non-hydrogen) atoms. The monoisotopic (exact) mass is 673 g/mol. The van der Waals surface area contributed by atoms with Crippen molar-refractivity contribution in [2.75, 3.05) is 19.6 Å². The van der Waals surface area contributed by atoms with Crippen LogP contribution in [0.1, 0.15) is 105 Å². The van der Waals surface area contributed by atoms with Crippen molar-refractivity contribution in [3.63, 3.8) is 0 Å². The third-order valence-electron chi connectivity index (χ3n) is 9.52. The molecule has 262 valence electrons. The van der Waals surface area contributed by atoms with E-state index >= 15 is 0 Å². The number of amides is 2. The molecule has 3 aromatic rings. The van der Waals surface area contributed by atoms with Gasteiger partial charge in [-0.15, -0.1) is 10.2 Å². The summed E-state index contributed by atoms with van der Waals surface area (Å²) in [5, 5.41) is 53.6. The highest BCUT2D eigenvalue weighted by Crippen LogP contribution is 2.39. The van der Waals surface area contributed by atoms with Crippen molar-refractivity contribution in [2.24, 2.45) is 0 Å². The Bertz CT molecular complexity index is 1760. The molecule has 12 nitrogen and oxygen atoms in total. The molecule has 1 aliphatic carbocycles. The first-order valence-corrected chi connectivity index (χ1v) is 16.8. The van der Waals surface area contributed by atoms with Gasteiger partial charge in [0.15, 0.2) is 5.82 Å². The SMILES string of the molecule is CCNC(=O)c1nnc(-c2cc(C(C)C)c(O)cc2O)n1C1=CC=C(OC2CCN(C(=O)c3ccc(C(C)(O)C(C)(C)O)cc3)CC2)CC1. The first-order chi connectivity index (χ1) is 23.1. The number of aromatic hydroxyl groups is 2. The summed E-state index contributed by atoms with van der Waals surface area (Å²) in [5.41, 5.74) is -0.0281. The summed E-state index contributed by atoms with van der Waals surface area (Å²) in [4.78, 5) is 28.0. The van der Waals surface area contributed by atoms with Gasteiger partial charge in [-0.2, -0.15) is 0 Å². The second-order valence-corrected chi connectivity index (χ2v) is 13.7. The van der Waals surface area contributed by atoms with E-state index in [1.54, 1.807) is 60.6 Å². The maximum atomic E-state index is 13.2. The van der Waals surface area contributed by atoms with Crippen LogP contribution in [0, 0.1) is 0 Å². The van der Waals surface area contributed by atoms with Crippen molar-refractivity contribution < 1.29 is 34.8 Å². The fraction of sp³-hybridized carbons (Fsp3) is 0.459. The van der Waals surface area contributed by atoms with E-state index in [1.165, 1.54) is 6.07 Å². The highest BCUT2D eigenvalue weighted by molar-refractivity contribution is 5.94. The van der Waals surface area contributed by atoms with Gasteiger partial charge >= 0.3 is 0 Å². The summed E-state index contributed by atoms with van der Waals surface area (Å²) >= 11 is 0. The van der Waals surface area contributed by atoms with E-state index in [0.29, 0.717) is 73.4 Å². The highest BCUT2D eigenvalue weighted by Gasteiger charge is 2.39. The Balaban J connectivity index is 1.28. The molecule has 5 N–H and O–H groups in total. The summed E-state index contributed by atoms with van der Waals surface area (Å²) < 4.78 is 8.01. The number of hydrogen-bond donors (Lipinski definition) is 5. The second-order valence-electron chi connectivity index (χ2n) is 13.7. The smallest absolute Gasteiger partial charge is 0.289 e. The average Bonchev–Trinajstić information content (AvgIpc) is 3.50. The Morgan fingerprint density at radius 1 is 0.980 bits per heavy atom. The highest BCUT2D eigenvalue weighted by atomic mass is 16.5. The van der Waals surface area contributed by atoms with E-state index in [0.717, 1.165) is 11.5 Å². The van der Waals surface area contributed by atoms with Gasteiger partial charge < -0.3 is 35.4 Å². The van der Waals surface area contributed by atoms with Gasteiger partial charge in [-0.3, -0.25) is 14.2 Å². The fourth-order valence-corrected chi connectivity index (χ4v) is 6.11. The number of carbonyl (C=O) groups is 2. The zero-order chi connectivity index (χ0) is 35.7. The Hall–Kier alpha value is -4.68. The molecule has 2 amide bonds. The number of rotatable bonds is 10. The van der Waals surface area contributed by atoms with Crippen molar-refractivity contribution >= 4 is 17.5 Å². The van der Waals surface area contributed by atoms with Crippen LogP contribution < -0.4 is 5.32 Å². The molecule has 2 heterocycles. The van der Waals surface area contributed by atoms with Gasteiger partial charge in [0.1, 0.15) is 23.2 Å². The van der Waals surface area contributed by atoms with Crippen LogP contribution in [0.5, 0.6) is 11.5 Å². The molecular formula is C37H47N5O7. The zero-order valence-electron chi connectivity index (χ0n) is 29.0. The van der Waals surface area contributed by atoms with E-state index in [9.17, 15) is 30.0 Å². The van der Waals surface area contributed by atoms with Crippen molar-refractivity contribution in [2.45, 2.75) is 90.4 Å². The van der Waals surface area contributed by atoms with E-state index in [2.05, 4.69) is 15.5 Å². The number of aliphatic hydroxyl groups is 2. The quantitative estimate of drug-likeness (QED) is 0.198. The van der Waals surface area contributed by atoms with Crippen LogP contribution in [0.2, 0.25) is 0 Å². The third kappa shape index (κ3) is 7.35. The predicted molar refractivity (Wildman–Crippen MR) is 185 cm³/mol. The van der Waals surface area contributed by atoms with E-state index in [-0.39, 0.29) is 35.3 Å². The molecule has 2 aromatic carbocycles. The normalized spacial score (nSPS) is 17.0. The number of allylic oxidation sites excluding steroid dienone is 4. The van der Waals surface area contributed by atoms with Gasteiger partial charge in [0.2, 0.25) is 5.82 Å². The number of piperidine rings is 1. The lowest BCUT2D eigenvalue weighted by atomic mass is 9.81. The zero-order valence-corrected chi connectivity index (χ0v) is 29.0. The molecule has 2 aliphatic rings. The van der Waals surface area contributed by atoms with Crippen LogP contribution in [0.15, 0.2) is 54.3 Å². The molecule has 12 heteroatoms. The van der Waals surface area contributed by atoms with Crippen LogP contribution >= 0.6 is 0 Å². The minimum Gasteiger partial charge on any atom is -0.508 e. The van der Waals surface area contributed by atoms with Crippen LogP contribution in [0.4, 0.5) is 0 Å². The molecule has 0 spiro atoms. The first kappa shape index (κ1) is 35.6. The Morgan fingerprint density at radius 3 is 2.22 bits per heavy atom. The maximum Gasteiger partial charge on any atom is 0.289 e. The molecular weight excluding hydrogens is 626 g/mol. The van der Waals surface area contributed by atoms with Crippen molar-refractivity contribution in [1.82, 2.24) is 25.0 Å². The summed E-state index contributed by atoms with van der Waals surface area (Å²) in [5.74, 6) is 0.485. The number of phenolic OH excluding ortho intramolecular Hbond substituents is 2. The van der Waals surface area contributed by atoms with Crippen molar-refractivity contribution in [1.29, 1.82) is 0 Å². The molecule has 0 radical (unpaired) electrons. The van der Waals surface area contributed by atoms with Gasteiger partial charge in [-0.25, -0.2) is 0 Å². The second kappa shape index (κ2) is 14.0. The van der Waals surface area contributed by atoms with Crippen molar-refractivity contribution in [3.8, 4) is 22.9 Å². The topological polar surface area (TPSA) is 170 Å². The summed E-state index contributed by atoms with van der Waals surface area (Å²) in [6.07, 6.45) is 6.11. The summed E-state index contributed by atoms with van der Waals surface area (Å²) in [6, 6.07) is 9.69. The molecule has 1 aliphatic heterocycles. The Kier molecular flexibility index (Phi) is 10.2. The lowest BCUT2D eigenvalue weighted by Gasteiger charge is -2.36. The molecule has 5 rings (SSSR count).